The van der Waals surface area contributed by atoms with E-state index in [1.165, 1.54) is 12.2 Å². The van der Waals surface area contributed by atoms with Crippen LogP contribution in [-0.2, 0) is 38.1 Å². The fraction of sp³-hybridized carbons (Fsp3) is 0.750. The average Bonchev–Trinajstić information content (AvgIpc) is 2.57. The quantitative estimate of drug-likeness (QED) is 0.440. The van der Waals surface area contributed by atoms with Gasteiger partial charge in [-0.3, -0.25) is 19.2 Å². The van der Waals surface area contributed by atoms with E-state index in [4.69, 9.17) is 18.9 Å². The van der Waals surface area contributed by atoms with Gasteiger partial charge in [0.25, 0.3) is 0 Å². The molecule has 1 amide bonds. The Kier molecular flexibility index (Phi) is 7.98. The second kappa shape index (κ2) is 9.39. The topological polar surface area (TPSA) is 137 Å². The van der Waals surface area contributed by atoms with E-state index < -0.39 is 66.7 Å². The zero-order valence-electron chi connectivity index (χ0n) is 16.1. The normalized spacial score (nSPS) is 29.5. The molecule has 0 radical (unpaired) electrons. The van der Waals surface area contributed by atoms with E-state index in [1.807, 2.05) is 0 Å². The molecular formula is C16H22F3NO9. The van der Waals surface area contributed by atoms with Crippen molar-refractivity contribution in [2.24, 2.45) is 0 Å². The number of esters is 3. The van der Waals surface area contributed by atoms with Gasteiger partial charge in [0.15, 0.2) is 18.0 Å². The van der Waals surface area contributed by atoms with Crippen LogP contribution in [0.3, 0.4) is 0 Å². The highest BCUT2D eigenvalue weighted by Gasteiger charge is 2.58. The highest BCUT2D eigenvalue weighted by atomic mass is 19.4. The smallest absolute Gasteiger partial charge is 0.463 e. The molecule has 0 spiro atoms. The van der Waals surface area contributed by atoms with Crippen LogP contribution in [0.25, 0.3) is 0 Å². The van der Waals surface area contributed by atoms with Crippen LogP contribution >= 0.6 is 0 Å². The van der Waals surface area contributed by atoms with Gasteiger partial charge in [0, 0.05) is 27.2 Å². The summed E-state index contributed by atoms with van der Waals surface area (Å²) in [6.45, 7) is 3.71. The van der Waals surface area contributed by atoms with Crippen LogP contribution in [0.5, 0.6) is 0 Å². The molecular weight excluding hydrogens is 407 g/mol. The number of alkyl halides is 3. The molecule has 0 aromatic heterocycles. The fourth-order valence-corrected chi connectivity index (χ4v) is 2.77. The van der Waals surface area contributed by atoms with Crippen molar-refractivity contribution in [3.8, 4) is 0 Å². The van der Waals surface area contributed by atoms with Gasteiger partial charge in [-0.1, -0.05) is 6.92 Å². The molecule has 1 aliphatic rings. The molecule has 2 N–H and O–H groups in total. The lowest BCUT2D eigenvalue weighted by molar-refractivity contribution is -0.323. The minimum atomic E-state index is -5.32. The lowest BCUT2D eigenvalue weighted by Gasteiger charge is -2.49. The van der Waals surface area contributed by atoms with E-state index >= 15 is 0 Å². The summed E-state index contributed by atoms with van der Waals surface area (Å²) in [7, 11) is 0. The lowest BCUT2D eigenvalue weighted by Crippen LogP contribution is -2.72. The summed E-state index contributed by atoms with van der Waals surface area (Å²) < 4.78 is 58.4. The number of aliphatic hydroxyl groups is 1. The fourth-order valence-electron chi connectivity index (χ4n) is 2.77. The largest absolute Gasteiger partial charge is 0.471 e. The number of hydrogen-bond donors (Lipinski definition) is 2. The molecule has 0 unspecified atom stereocenters. The monoisotopic (exact) mass is 429 g/mol. The minimum absolute atomic E-state index is 0.364. The highest BCUT2D eigenvalue weighted by molar-refractivity contribution is 5.82. The molecule has 0 aliphatic carbocycles. The van der Waals surface area contributed by atoms with Crippen molar-refractivity contribution in [2.45, 2.75) is 70.4 Å². The van der Waals surface area contributed by atoms with E-state index in [-0.39, 0.29) is 6.42 Å². The van der Waals surface area contributed by atoms with Crippen molar-refractivity contribution in [1.29, 1.82) is 0 Å². The molecule has 13 heteroatoms. The third-order valence-electron chi connectivity index (χ3n) is 3.97. The Balaban J connectivity index is 3.40. The number of rotatable bonds is 6. The van der Waals surface area contributed by atoms with Crippen molar-refractivity contribution in [1.82, 2.24) is 5.32 Å². The molecule has 1 aliphatic heterocycles. The second-order valence-electron chi connectivity index (χ2n) is 6.25. The molecule has 29 heavy (non-hydrogen) atoms. The van der Waals surface area contributed by atoms with Gasteiger partial charge in [0.05, 0.1) is 0 Å². The van der Waals surface area contributed by atoms with E-state index in [0.29, 0.717) is 0 Å². The Morgan fingerprint density at radius 1 is 1.03 bits per heavy atom. The number of hydrogen-bond acceptors (Lipinski definition) is 9. The van der Waals surface area contributed by atoms with Gasteiger partial charge in [-0.2, -0.15) is 13.2 Å². The SMILES string of the molecule is CC[C@@]1(O)O[C@H](COC(C)=O)[C@H](OC(C)=O)[C@H](OC(C)=O)[C@H]1NC(=O)C(F)(F)F. The van der Waals surface area contributed by atoms with Crippen molar-refractivity contribution < 1.29 is 56.4 Å². The molecule has 1 heterocycles. The summed E-state index contributed by atoms with van der Waals surface area (Å²) in [4.78, 5) is 45.6. The third kappa shape index (κ3) is 6.56. The maximum absolute atomic E-state index is 12.8. The third-order valence-corrected chi connectivity index (χ3v) is 3.97. The zero-order chi connectivity index (χ0) is 22.6. The van der Waals surface area contributed by atoms with Crippen molar-refractivity contribution in [2.75, 3.05) is 6.61 Å². The molecule has 1 saturated heterocycles. The highest BCUT2D eigenvalue weighted by Crippen LogP contribution is 2.35. The van der Waals surface area contributed by atoms with Gasteiger partial charge in [-0.25, -0.2) is 0 Å². The first-order valence-electron chi connectivity index (χ1n) is 8.47. The average molecular weight is 429 g/mol. The summed E-state index contributed by atoms with van der Waals surface area (Å²) in [6, 6.07) is -1.96. The summed E-state index contributed by atoms with van der Waals surface area (Å²) in [5.41, 5.74) is 0. The van der Waals surface area contributed by atoms with Crippen LogP contribution in [0.15, 0.2) is 0 Å². The van der Waals surface area contributed by atoms with Crippen LogP contribution in [-0.4, -0.2) is 71.8 Å². The predicted molar refractivity (Wildman–Crippen MR) is 85.8 cm³/mol. The van der Waals surface area contributed by atoms with E-state index in [0.717, 1.165) is 20.8 Å². The first-order valence-corrected chi connectivity index (χ1v) is 8.47. The maximum atomic E-state index is 12.8. The van der Waals surface area contributed by atoms with Crippen molar-refractivity contribution in [3.63, 3.8) is 0 Å². The molecule has 0 bridgehead atoms. The summed E-state index contributed by atoms with van der Waals surface area (Å²) in [6.07, 6.45) is -10.5. The molecule has 0 aromatic rings. The number of nitrogens with one attached hydrogen (secondary N) is 1. The Hall–Kier alpha value is -2.41. The van der Waals surface area contributed by atoms with Crippen LogP contribution in [0.4, 0.5) is 13.2 Å². The first-order chi connectivity index (χ1) is 13.2. The van der Waals surface area contributed by atoms with E-state index in [9.17, 15) is 37.5 Å². The number of amides is 1. The van der Waals surface area contributed by atoms with Gasteiger partial charge in [0.2, 0.25) is 0 Å². The van der Waals surface area contributed by atoms with Gasteiger partial charge >= 0.3 is 30.0 Å². The van der Waals surface area contributed by atoms with Crippen molar-refractivity contribution >= 4 is 23.8 Å². The Bertz CT molecular complexity index is 654. The second-order valence-corrected chi connectivity index (χ2v) is 6.25. The van der Waals surface area contributed by atoms with Gasteiger partial charge in [0.1, 0.15) is 18.8 Å². The molecule has 1 rings (SSSR count). The molecule has 5 atom stereocenters. The van der Waals surface area contributed by atoms with Crippen LogP contribution in [0.1, 0.15) is 34.1 Å². The van der Waals surface area contributed by atoms with Crippen LogP contribution in [0, 0.1) is 0 Å². The molecule has 0 aromatic carbocycles. The predicted octanol–water partition coefficient (Wildman–Crippen LogP) is -0.0426. The summed E-state index contributed by atoms with van der Waals surface area (Å²) >= 11 is 0. The molecule has 0 saturated carbocycles. The minimum Gasteiger partial charge on any atom is -0.463 e. The molecule has 166 valence electrons. The number of carbonyl (C=O) groups is 4. The van der Waals surface area contributed by atoms with E-state index in [1.54, 1.807) is 0 Å². The van der Waals surface area contributed by atoms with Crippen LogP contribution in [0.2, 0.25) is 0 Å². The first kappa shape index (κ1) is 24.6. The number of halogens is 3. The van der Waals surface area contributed by atoms with E-state index in [2.05, 4.69) is 0 Å². The standard InChI is InChI=1S/C16H22F3NO9/c1-5-15(25)13(20-14(24)16(17,18)19)12(28-9(4)23)11(27-8(3)22)10(29-15)6-26-7(2)21/h10-13,25H,5-6H2,1-4H3,(H,20,24)/t10-,11+,12+,13-,15-/m1/s1. The zero-order valence-corrected chi connectivity index (χ0v) is 16.1. The Labute approximate surface area is 163 Å². The van der Waals surface area contributed by atoms with Crippen molar-refractivity contribution in [3.05, 3.63) is 0 Å². The number of ether oxygens (including phenoxy) is 4. The summed E-state index contributed by atoms with van der Waals surface area (Å²) in [5.74, 6) is -7.58. The Morgan fingerprint density at radius 2 is 1.55 bits per heavy atom. The lowest BCUT2D eigenvalue weighted by atomic mass is 9.88. The maximum Gasteiger partial charge on any atom is 0.471 e. The van der Waals surface area contributed by atoms with Gasteiger partial charge < -0.3 is 29.4 Å². The van der Waals surface area contributed by atoms with Crippen LogP contribution < -0.4 is 5.32 Å². The Morgan fingerprint density at radius 3 is 1.97 bits per heavy atom. The number of carbonyl (C=O) groups excluding carboxylic acids is 4. The van der Waals surface area contributed by atoms with Gasteiger partial charge in [-0.15, -0.1) is 0 Å². The van der Waals surface area contributed by atoms with Gasteiger partial charge in [-0.05, 0) is 0 Å². The molecule has 10 nitrogen and oxygen atoms in total. The summed E-state index contributed by atoms with van der Waals surface area (Å²) in [5, 5.41) is 12.3. The molecule has 1 fully saturated rings.